The highest BCUT2D eigenvalue weighted by molar-refractivity contribution is 5.99. The van der Waals surface area contributed by atoms with Crippen molar-refractivity contribution >= 4 is 5.78 Å². The fourth-order valence-electron chi connectivity index (χ4n) is 2.68. The fraction of sp³-hybridized carbons (Fsp3) is 0.727. The maximum absolute atomic E-state index is 12.6. The van der Waals surface area contributed by atoms with E-state index in [1.807, 2.05) is 0 Å². The van der Waals surface area contributed by atoms with Crippen molar-refractivity contribution in [2.24, 2.45) is 5.92 Å². The van der Waals surface area contributed by atoms with Crippen LogP contribution in [0.4, 0.5) is 13.2 Å². The molecule has 0 radical (unpaired) electrons. The van der Waals surface area contributed by atoms with Crippen LogP contribution in [0.25, 0.3) is 0 Å². The Kier molecular flexibility index (Phi) is 2.72. The van der Waals surface area contributed by atoms with Gasteiger partial charge in [0.05, 0.1) is 0 Å². The third-order valence-corrected chi connectivity index (χ3v) is 3.49. The quantitative estimate of drug-likeness (QED) is 0.640. The molecule has 0 aromatic rings. The Morgan fingerprint density at radius 3 is 2.56 bits per heavy atom. The molecule has 1 aliphatic carbocycles. The second kappa shape index (κ2) is 3.79. The molecule has 0 bridgehead atoms. The van der Waals surface area contributed by atoms with Crippen LogP contribution < -0.4 is 0 Å². The van der Waals surface area contributed by atoms with Gasteiger partial charge in [-0.25, -0.2) is 0 Å². The van der Waals surface area contributed by atoms with Crippen molar-refractivity contribution in [3.8, 4) is 0 Å². The number of fused-ring (bicyclic) bond motifs is 1. The van der Waals surface area contributed by atoms with E-state index in [1.54, 1.807) is 11.9 Å². The van der Waals surface area contributed by atoms with Crippen LogP contribution in [0.3, 0.4) is 0 Å². The molecule has 16 heavy (non-hydrogen) atoms. The lowest BCUT2D eigenvalue weighted by atomic mass is 9.77. The Hall–Kier alpha value is -1.00. The Bertz CT molecular complexity index is 335. The summed E-state index contributed by atoms with van der Waals surface area (Å²) in [6.07, 6.45) is -0.307. The standard InChI is InChI=1S/C11H14F3NO/c1-15-6-8(11(12,13)14)10(16)7-4-2-3-5-9(7)15/h6-7,9H,2-5H2,1H3/t7-,9-/m1/s1. The normalized spacial score (nSPS) is 31.1. The maximum Gasteiger partial charge on any atom is 0.421 e. The van der Waals surface area contributed by atoms with E-state index in [4.69, 9.17) is 0 Å². The molecule has 0 N–H and O–H groups in total. The number of hydrogen-bond donors (Lipinski definition) is 0. The highest BCUT2D eigenvalue weighted by Crippen LogP contribution is 2.39. The number of halogens is 3. The zero-order chi connectivity index (χ0) is 11.9. The van der Waals surface area contributed by atoms with E-state index in [2.05, 4.69) is 0 Å². The topological polar surface area (TPSA) is 20.3 Å². The summed E-state index contributed by atoms with van der Waals surface area (Å²) in [5.74, 6) is -1.17. The minimum absolute atomic E-state index is 0.0349. The first-order chi connectivity index (χ1) is 7.41. The van der Waals surface area contributed by atoms with Gasteiger partial charge in [0.2, 0.25) is 0 Å². The average molecular weight is 233 g/mol. The molecule has 0 aromatic carbocycles. The van der Waals surface area contributed by atoms with E-state index in [1.165, 1.54) is 0 Å². The number of carbonyl (C=O) groups excluding carboxylic acids is 1. The minimum atomic E-state index is -4.52. The van der Waals surface area contributed by atoms with Gasteiger partial charge in [0, 0.05) is 25.2 Å². The predicted octanol–water partition coefficient (Wildman–Crippen LogP) is 2.51. The minimum Gasteiger partial charge on any atom is -0.376 e. The molecule has 5 heteroatoms. The van der Waals surface area contributed by atoms with E-state index >= 15 is 0 Å². The van der Waals surface area contributed by atoms with Gasteiger partial charge in [-0.3, -0.25) is 4.79 Å². The molecule has 0 amide bonds. The number of allylic oxidation sites excluding steroid dienone is 1. The van der Waals surface area contributed by atoms with Gasteiger partial charge in [-0.15, -0.1) is 0 Å². The number of Topliss-reactive ketones (excluding diaryl/α,β-unsaturated/α-hetero) is 1. The monoisotopic (exact) mass is 233 g/mol. The van der Waals surface area contributed by atoms with Crippen LogP contribution in [0.5, 0.6) is 0 Å². The summed E-state index contributed by atoms with van der Waals surface area (Å²) < 4.78 is 37.8. The number of hydrogen-bond acceptors (Lipinski definition) is 2. The largest absolute Gasteiger partial charge is 0.421 e. The summed E-state index contributed by atoms with van der Waals surface area (Å²) in [5, 5.41) is 0. The van der Waals surface area contributed by atoms with Crippen LogP contribution in [0.2, 0.25) is 0 Å². The van der Waals surface area contributed by atoms with E-state index in [-0.39, 0.29) is 6.04 Å². The van der Waals surface area contributed by atoms with Gasteiger partial charge < -0.3 is 4.90 Å². The number of rotatable bonds is 0. The summed E-state index contributed by atoms with van der Waals surface area (Å²) in [5.41, 5.74) is -0.988. The molecule has 2 atom stereocenters. The number of alkyl halides is 3. The third kappa shape index (κ3) is 1.83. The lowest BCUT2D eigenvalue weighted by Crippen LogP contribution is -2.47. The molecule has 0 unspecified atom stereocenters. The van der Waals surface area contributed by atoms with Crippen LogP contribution in [-0.4, -0.2) is 29.9 Å². The van der Waals surface area contributed by atoms with Crippen LogP contribution >= 0.6 is 0 Å². The lowest BCUT2D eigenvalue weighted by Gasteiger charge is -2.41. The summed E-state index contributed by atoms with van der Waals surface area (Å²) in [6.45, 7) is 0. The summed E-state index contributed by atoms with van der Waals surface area (Å²) >= 11 is 0. The van der Waals surface area contributed by atoms with Gasteiger partial charge in [0.15, 0.2) is 5.78 Å². The van der Waals surface area contributed by atoms with E-state index < -0.39 is 23.5 Å². The zero-order valence-electron chi connectivity index (χ0n) is 9.05. The van der Waals surface area contributed by atoms with E-state index in [0.29, 0.717) is 6.42 Å². The number of nitrogens with zero attached hydrogens (tertiary/aromatic N) is 1. The predicted molar refractivity (Wildman–Crippen MR) is 52.7 cm³/mol. The smallest absolute Gasteiger partial charge is 0.376 e. The molecule has 0 aromatic heterocycles. The SMILES string of the molecule is CN1C=C(C(F)(F)F)C(=O)[C@@H]2CCCC[C@H]21. The molecular formula is C11H14F3NO. The lowest BCUT2D eigenvalue weighted by molar-refractivity contribution is -0.137. The Morgan fingerprint density at radius 1 is 1.31 bits per heavy atom. The average Bonchev–Trinajstić information content (AvgIpc) is 2.22. The van der Waals surface area contributed by atoms with Gasteiger partial charge in [0.1, 0.15) is 5.57 Å². The molecule has 1 fully saturated rings. The van der Waals surface area contributed by atoms with Crippen molar-refractivity contribution < 1.29 is 18.0 Å². The summed E-state index contributed by atoms with van der Waals surface area (Å²) in [7, 11) is 1.63. The Morgan fingerprint density at radius 2 is 1.94 bits per heavy atom. The molecular weight excluding hydrogens is 219 g/mol. The second-order valence-electron chi connectivity index (χ2n) is 4.53. The van der Waals surface area contributed by atoms with Crippen molar-refractivity contribution in [2.75, 3.05) is 7.05 Å². The van der Waals surface area contributed by atoms with Crippen molar-refractivity contribution in [1.29, 1.82) is 0 Å². The fourth-order valence-corrected chi connectivity index (χ4v) is 2.68. The number of ketones is 1. The van der Waals surface area contributed by atoms with Crippen molar-refractivity contribution in [3.63, 3.8) is 0 Å². The second-order valence-corrected chi connectivity index (χ2v) is 4.53. The first kappa shape index (κ1) is 11.5. The van der Waals surface area contributed by atoms with Crippen LogP contribution in [0.15, 0.2) is 11.8 Å². The van der Waals surface area contributed by atoms with Crippen LogP contribution in [0.1, 0.15) is 25.7 Å². The Labute approximate surface area is 92.1 Å². The number of carbonyl (C=O) groups is 1. The highest BCUT2D eigenvalue weighted by atomic mass is 19.4. The highest BCUT2D eigenvalue weighted by Gasteiger charge is 2.47. The van der Waals surface area contributed by atoms with Gasteiger partial charge in [-0.05, 0) is 12.8 Å². The molecule has 2 nitrogen and oxygen atoms in total. The first-order valence-electron chi connectivity index (χ1n) is 5.46. The molecule has 2 aliphatic rings. The molecule has 2 rings (SSSR count). The molecule has 0 saturated heterocycles. The molecule has 90 valence electrons. The van der Waals surface area contributed by atoms with Gasteiger partial charge >= 0.3 is 6.18 Å². The molecule has 1 heterocycles. The van der Waals surface area contributed by atoms with Crippen molar-refractivity contribution in [2.45, 2.75) is 37.9 Å². The van der Waals surface area contributed by atoms with Gasteiger partial charge in [-0.1, -0.05) is 12.8 Å². The molecule has 1 aliphatic heterocycles. The van der Waals surface area contributed by atoms with E-state index in [9.17, 15) is 18.0 Å². The zero-order valence-corrected chi connectivity index (χ0v) is 9.05. The summed E-state index contributed by atoms with van der Waals surface area (Å²) in [4.78, 5) is 13.3. The first-order valence-corrected chi connectivity index (χ1v) is 5.46. The molecule has 0 spiro atoms. The Balaban J connectivity index is 2.32. The van der Waals surface area contributed by atoms with Gasteiger partial charge in [0.25, 0.3) is 0 Å². The van der Waals surface area contributed by atoms with Crippen molar-refractivity contribution in [1.82, 2.24) is 4.90 Å². The van der Waals surface area contributed by atoms with Crippen LogP contribution in [0, 0.1) is 5.92 Å². The van der Waals surface area contributed by atoms with Crippen molar-refractivity contribution in [3.05, 3.63) is 11.8 Å². The molecule has 1 saturated carbocycles. The summed E-state index contributed by atoms with van der Waals surface area (Å²) in [6, 6.07) is -0.0349. The van der Waals surface area contributed by atoms with Crippen LogP contribution in [-0.2, 0) is 4.79 Å². The van der Waals surface area contributed by atoms with Gasteiger partial charge in [-0.2, -0.15) is 13.2 Å². The third-order valence-electron chi connectivity index (χ3n) is 3.49. The van der Waals surface area contributed by atoms with E-state index in [0.717, 1.165) is 25.5 Å². The maximum atomic E-state index is 12.6.